The summed E-state index contributed by atoms with van der Waals surface area (Å²) in [6.07, 6.45) is 8.61. The Morgan fingerprint density at radius 1 is 0.967 bits per heavy atom. The molecule has 2 N–H and O–H groups in total. The number of hydrogen-bond donors (Lipinski definition) is 2. The van der Waals surface area contributed by atoms with Crippen LogP contribution in [-0.4, -0.2) is 29.5 Å². The van der Waals surface area contributed by atoms with E-state index in [1.165, 1.54) is 5.39 Å². The number of nitrogens with one attached hydrogen (secondary N) is 2. The van der Waals surface area contributed by atoms with E-state index in [0.29, 0.717) is 0 Å². The van der Waals surface area contributed by atoms with E-state index in [-0.39, 0.29) is 0 Å². The topological polar surface area (TPSA) is 75.2 Å². The minimum absolute atomic E-state index is 0.742. The van der Waals surface area contributed by atoms with E-state index in [1.807, 2.05) is 31.6 Å². The summed E-state index contributed by atoms with van der Waals surface area (Å²) in [5, 5.41) is 2.27. The zero-order valence-electron chi connectivity index (χ0n) is 16.8. The first-order valence-corrected chi connectivity index (χ1v) is 9.99. The number of aryl methyl sites for hydroxylation is 2. The second-order valence-electron chi connectivity index (χ2n) is 7.85. The first-order valence-electron chi connectivity index (χ1n) is 9.99. The van der Waals surface area contributed by atoms with Gasteiger partial charge in [-0.05, 0) is 55.8 Å². The molecular formula is C24H20N6. The average molecular weight is 392 g/mol. The Bertz CT molecular complexity index is 1550. The van der Waals surface area contributed by atoms with Crippen LogP contribution in [0, 0.1) is 13.8 Å². The first-order chi connectivity index (χ1) is 14.6. The Kier molecular flexibility index (Phi) is 3.56. The van der Waals surface area contributed by atoms with Crippen molar-refractivity contribution in [1.82, 2.24) is 29.5 Å². The molecule has 0 spiro atoms. The lowest BCUT2D eigenvalue weighted by molar-refractivity contribution is 1.03. The molecule has 30 heavy (non-hydrogen) atoms. The highest BCUT2D eigenvalue weighted by Crippen LogP contribution is 2.25. The van der Waals surface area contributed by atoms with E-state index < -0.39 is 0 Å². The van der Waals surface area contributed by atoms with Gasteiger partial charge in [-0.3, -0.25) is 9.97 Å². The summed E-state index contributed by atoms with van der Waals surface area (Å²) in [6.45, 7) is 4.09. The molecule has 6 rings (SSSR count). The van der Waals surface area contributed by atoms with E-state index >= 15 is 0 Å². The molecule has 6 aromatic heterocycles. The second-order valence-corrected chi connectivity index (χ2v) is 7.85. The molecule has 6 aromatic rings. The normalized spacial score (nSPS) is 11.8. The third kappa shape index (κ3) is 2.69. The van der Waals surface area contributed by atoms with Gasteiger partial charge >= 0.3 is 0 Å². The molecule has 0 amide bonds. The Morgan fingerprint density at radius 3 is 2.83 bits per heavy atom. The van der Waals surface area contributed by atoms with Crippen molar-refractivity contribution >= 4 is 33.0 Å². The van der Waals surface area contributed by atoms with Gasteiger partial charge in [-0.25, -0.2) is 4.98 Å². The van der Waals surface area contributed by atoms with E-state index in [4.69, 9.17) is 9.97 Å². The van der Waals surface area contributed by atoms with Crippen molar-refractivity contribution in [2.45, 2.75) is 20.3 Å². The van der Waals surface area contributed by atoms with Gasteiger partial charge in [0, 0.05) is 47.2 Å². The molecule has 146 valence electrons. The first kappa shape index (κ1) is 17.0. The van der Waals surface area contributed by atoms with Gasteiger partial charge in [0.2, 0.25) is 0 Å². The van der Waals surface area contributed by atoms with Crippen molar-refractivity contribution in [3.8, 4) is 5.69 Å². The summed E-state index contributed by atoms with van der Waals surface area (Å²) in [5.41, 5.74) is 9.40. The molecule has 0 atom stereocenters. The smallest absolute Gasteiger partial charge is 0.137 e. The number of fused-ring (bicyclic) bond motifs is 3. The van der Waals surface area contributed by atoms with Gasteiger partial charge in [-0.2, -0.15) is 0 Å². The van der Waals surface area contributed by atoms with Gasteiger partial charge in [0.15, 0.2) is 0 Å². The highest BCUT2D eigenvalue weighted by atomic mass is 15.0. The molecule has 0 aromatic carbocycles. The molecule has 0 aliphatic rings. The van der Waals surface area contributed by atoms with Gasteiger partial charge in [0.25, 0.3) is 0 Å². The van der Waals surface area contributed by atoms with Crippen LogP contribution in [0.25, 0.3) is 38.7 Å². The second kappa shape index (κ2) is 6.29. The average Bonchev–Trinajstić information content (AvgIpc) is 3.44. The molecule has 0 fully saturated rings. The molecular weight excluding hydrogens is 372 g/mol. The van der Waals surface area contributed by atoms with Crippen molar-refractivity contribution in [2.24, 2.45) is 0 Å². The third-order valence-corrected chi connectivity index (χ3v) is 5.62. The summed E-state index contributed by atoms with van der Waals surface area (Å²) in [6, 6.07) is 12.7. The molecule has 0 bridgehead atoms. The fraction of sp³-hybridized carbons (Fsp3) is 0.125. The number of hydrogen-bond acceptors (Lipinski definition) is 3. The van der Waals surface area contributed by atoms with Gasteiger partial charge in [-0.1, -0.05) is 0 Å². The minimum Gasteiger partial charge on any atom is -0.357 e. The van der Waals surface area contributed by atoms with E-state index in [1.54, 1.807) is 0 Å². The van der Waals surface area contributed by atoms with Crippen molar-refractivity contribution in [2.75, 3.05) is 0 Å². The molecule has 6 nitrogen and oxygen atoms in total. The van der Waals surface area contributed by atoms with Crippen molar-refractivity contribution < 1.29 is 0 Å². The fourth-order valence-electron chi connectivity index (χ4n) is 4.15. The van der Waals surface area contributed by atoms with Crippen molar-refractivity contribution in [3.63, 3.8) is 0 Å². The highest BCUT2D eigenvalue weighted by Gasteiger charge is 2.11. The SMILES string of the molecule is Cc1cnc2cc(Cc3cc4ccn(-c5cc6cc[nH]c6nc5C)c4cn3)[nH]c2c1. The van der Waals surface area contributed by atoms with Crippen LogP contribution < -0.4 is 0 Å². The van der Waals surface area contributed by atoms with E-state index in [2.05, 4.69) is 63.0 Å². The summed E-state index contributed by atoms with van der Waals surface area (Å²) in [4.78, 5) is 20.6. The zero-order chi connectivity index (χ0) is 20.2. The Balaban J connectivity index is 1.38. The molecule has 0 aliphatic carbocycles. The number of rotatable bonds is 3. The quantitative estimate of drug-likeness (QED) is 0.446. The van der Waals surface area contributed by atoms with Crippen LogP contribution in [0.1, 0.15) is 22.6 Å². The van der Waals surface area contributed by atoms with Gasteiger partial charge in [0.1, 0.15) is 5.65 Å². The maximum atomic E-state index is 4.74. The number of aromatic nitrogens is 6. The molecule has 6 heteroatoms. The Morgan fingerprint density at radius 2 is 1.90 bits per heavy atom. The predicted molar refractivity (Wildman–Crippen MR) is 119 cm³/mol. The van der Waals surface area contributed by atoms with Crippen LogP contribution >= 0.6 is 0 Å². The summed E-state index contributed by atoms with van der Waals surface area (Å²) < 4.78 is 2.16. The fourth-order valence-corrected chi connectivity index (χ4v) is 4.15. The number of aromatic amines is 2. The molecule has 0 aliphatic heterocycles. The van der Waals surface area contributed by atoms with Crippen LogP contribution in [0.5, 0.6) is 0 Å². The zero-order valence-corrected chi connectivity index (χ0v) is 16.8. The van der Waals surface area contributed by atoms with Gasteiger partial charge in [0.05, 0.1) is 34.1 Å². The molecule has 0 unspecified atom stereocenters. The van der Waals surface area contributed by atoms with Gasteiger partial charge < -0.3 is 14.5 Å². The van der Waals surface area contributed by atoms with Gasteiger partial charge in [-0.15, -0.1) is 0 Å². The summed E-state index contributed by atoms with van der Waals surface area (Å²) >= 11 is 0. The minimum atomic E-state index is 0.742. The van der Waals surface area contributed by atoms with Crippen LogP contribution in [0.2, 0.25) is 0 Å². The predicted octanol–water partition coefficient (Wildman–Crippen LogP) is 4.99. The molecule has 0 saturated heterocycles. The van der Waals surface area contributed by atoms with E-state index in [0.717, 1.165) is 62.3 Å². The maximum Gasteiger partial charge on any atom is 0.137 e. The lowest BCUT2D eigenvalue weighted by Gasteiger charge is -2.09. The van der Waals surface area contributed by atoms with Crippen molar-refractivity contribution in [1.29, 1.82) is 0 Å². The highest BCUT2D eigenvalue weighted by molar-refractivity contribution is 5.84. The van der Waals surface area contributed by atoms with Crippen LogP contribution in [-0.2, 0) is 6.42 Å². The molecule has 6 heterocycles. The number of pyridine rings is 3. The Labute approximate surface area is 172 Å². The lowest BCUT2D eigenvalue weighted by atomic mass is 10.2. The maximum absolute atomic E-state index is 4.74. The molecule has 0 radical (unpaired) electrons. The number of nitrogens with zero attached hydrogens (tertiary/aromatic N) is 4. The van der Waals surface area contributed by atoms with Crippen molar-refractivity contribution in [3.05, 3.63) is 83.8 Å². The molecule has 0 saturated carbocycles. The monoisotopic (exact) mass is 392 g/mol. The third-order valence-electron chi connectivity index (χ3n) is 5.62. The summed E-state index contributed by atoms with van der Waals surface area (Å²) in [7, 11) is 0. The summed E-state index contributed by atoms with van der Waals surface area (Å²) in [5.74, 6) is 0. The largest absolute Gasteiger partial charge is 0.357 e. The van der Waals surface area contributed by atoms with Crippen LogP contribution in [0.3, 0.4) is 0 Å². The number of H-pyrrole nitrogens is 2. The van der Waals surface area contributed by atoms with Crippen LogP contribution in [0.4, 0.5) is 0 Å². The van der Waals surface area contributed by atoms with E-state index in [9.17, 15) is 0 Å². The standard InChI is InChI=1S/C24H20N6/c1-14-7-21-20(27-12-14)11-19(29-21)10-18-8-16-4-6-30(23(16)13-26-18)22-9-17-3-5-25-24(17)28-15(22)2/h3-9,11-13,29H,10H2,1-2H3,(H,25,28). The Hall–Kier alpha value is -3.93. The van der Waals surface area contributed by atoms with Crippen LogP contribution in [0.15, 0.2) is 61.2 Å². The lowest BCUT2D eigenvalue weighted by Crippen LogP contribution is -1.99.